The zero-order valence-electron chi connectivity index (χ0n) is 12.1. The maximum absolute atomic E-state index is 6.05. The molecule has 20 heavy (non-hydrogen) atoms. The number of ether oxygens (including phenoxy) is 1. The molecule has 0 bridgehead atoms. The van der Waals surface area contributed by atoms with Crippen LogP contribution < -0.4 is 10.5 Å². The van der Waals surface area contributed by atoms with E-state index in [-0.39, 0.29) is 6.04 Å². The molecule has 0 saturated carbocycles. The quantitative estimate of drug-likeness (QED) is 0.814. The van der Waals surface area contributed by atoms with Crippen LogP contribution in [0.25, 0.3) is 0 Å². The van der Waals surface area contributed by atoms with Gasteiger partial charge in [0.05, 0.1) is 4.47 Å². The average molecular weight is 334 g/mol. The van der Waals surface area contributed by atoms with Crippen LogP contribution in [0.3, 0.4) is 0 Å². The van der Waals surface area contributed by atoms with E-state index in [0.717, 1.165) is 21.5 Å². The zero-order valence-corrected chi connectivity index (χ0v) is 13.6. The molecular weight excluding hydrogens is 314 g/mol. The molecule has 0 saturated heterocycles. The minimum absolute atomic E-state index is 0.0169. The molecule has 0 amide bonds. The first kappa shape index (κ1) is 15.1. The van der Waals surface area contributed by atoms with Gasteiger partial charge in [-0.15, -0.1) is 0 Å². The monoisotopic (exact) mass is 333 g/mol. The lowest BCUT2D eigenvalue weighted by Crippen LogP contribution is -2.04. The highest BCUT2D eigenvalue weighted by atomic mass is 79.9. The highest BCUT2D eigenvalue weighted by molar-refractivity contribution is 9.10. The lowest BCUT2D eigenvalue weighted by atomic mass is 10.0. The lowest BCUT2D eigenvalue weighted by molar-refractivity contribution is 0.470. The Kier molecular flexibility index (Phi) is 4.84. The normalized spacial score (nSPS) is 12.5. The van der Waals surface area contributed by atoms with Gasteiger partial charge in [-0.2, -0.15) is 0 Å². The Morgan fingerprint density at radius 1 is 1.00 bits per heavy atom. The van der Waals surface area contributed by atoms with E-state index >= 15 is 0 Å². The number of rotatable bonds is 4. The van der Waals surface area contributed by atoms with Crippen molar-refractivity contribution in [1.29, 1.82) is 0 Å². The summed E-state index contributed by atoms with van der Waals surface area (Å²) >= 11 is 3.55. The molecule has 2 aromatic rings. The Balaban J connectivity index is 2.31. The molecule has 1 atom stereocenters. The minimum Gasteiger partial charge on any atom is -0.456 e. The second kappa shape index (κ2) is 6.42. The Morgan fingerprint density at radius 3 is 2.30 bits per heavy atom. The third-order valence-electron chi connectivity index (χ3n) is 3.24. The Bertz CT molecular complexity index is 593. The average Bonchev–Trinajstić information content (AvgIpc) is 2.41. The van der Waals surface area contributed by atoms with Crippen LogP contribution >= 0.6 is 15.9 Å². The van der Waals surface area contributed by atoms with E-state index < -0.39 is 0 Å². The predicted octanol–water partition coefficient (Wildman–Crippen LogP) is 5.38. The lowest BCUT2D eigenvalue weighted by Gasteiger charge is -2.15. The Labute approximate surface area is 129 Å². The molecule has 106 valence electrons. The molecule has 2 aromatic carbocycles. The molecule has 0 fully saturated rings. The van der Waals surface area contributed by atoms with Crippen molar-refractivity contribution in [3.8, 4) is 11.5 Å². The van der Waals surface area contributed by atoms with Gasteiger partial charge < -0.3 is 10.5 Å². The Hall–Kier alpha value is -1.32. The standard InChI is InChI=1S/C17H20BrNO/c1-11(2)14-6-4-5-7-16(14)20-17-9-8-13(12(3)19)10-15(17)18/h4-12H,19H2,1-3H3. The topological polar surface area (TPSA) is 35.2 Å². The number of hydrogen-bond acceptors (Lipinski definition) is 2. The van der Waals surface area contributed by atoms with E-state index in [1.165, 1.54) is 5.56 Å². The molecule has 0 radical (unpaired) electrons. The number of hydrogen-bond donors (Lipinski definition) is 1. The maximum atomic E-state index is 6.05. The van der Waals surface area contributed by atoms with Crippen molar-refractivity contribution < 1.29 is 4.74 Å². The van der Waals surface area contributed by atoms with Crippen molar-refractivity contribution >= 4 is 15.9 Å². The fraction of sp³-hybridized carbons (Fsp3) is 0.294. The molecule has 0 spiro atoms. The van der Waals surface area contributed by atoms with Crippen LogP contribution in [-0.2, 0) is 0 Å². The van der Waals surface area contributed by atoms with E-state index in [4.69, 9.17) is 10.5 Å². The fourth-order valence-corrected chi connectivity index (χ4v) is 2.53. The number of halogens is 1. The third-order valence-corrected chi connectivity index (χ3v) is 3.86. The summed E-state index contributed by atoms with van der Waals surface area (Å²) in [5.74, 6) is 2.13. The van der Waals surface area contributed by atoms with Gasteiger partial charge in [-0.3, -0.25) is 0 Å². The summed E-state index contributed by atoms with van der Waals surface area (Å²) in [7, 11) is 0. The number of benzene rings is 2. The van der Waals surface area contributed by atoms with Crippen LogP contribution in [-0.4, -0.2) is 0 Å². The summed E-state index contributed by atoms with van der Waals surface area (Å²) in [4.78, 5) is 0. The van der Waals surface area contributed by atoms with Crippen molar-refractivity contribution in [2.75, 3.05) is 0 Å². The number of nitrogens with two attached hydrogens (primary N) is 1. The van der Waals surface area contributed by atoms with Gasteiger partial charge in [0.1, 0.15) is 11.5 Å². The van der Waals surface area contributed by atoms with Gasteiger partial charge in [0.2, 0.25) is 0 Å². The first-order chi connectivity index (χ1) is 9.49. The first-order valence-electron chi connectivity index (χ1n) is 6.81. The largest absolute Gasteiger partial charge is 0.456 e. The van der Waals surface area contributed by atoms with Gasteiger partial charge in [0.25, 0.3) is 0 Å². The Morgan fingerprint density at radius 2 is 1.70 bits per heavy atom. The molecule has 2 N–H and O–H groups in total. The summed E-state index contributed by atoms with van der Waals surface area (Å²) in [5, 5.41) is 0. The molecule has 0 aliphatic heterocycles. The number of para-hydroxylation sites is 1. The molecule has 2 nitrogen and oxygen atoms in total. The fourth-order valence-electron chi connectivity index (χ4n) is 2.05. The smallest absolute Gasteiger partial charge is 0.141 e. The SMILES string of the molecule is CC(C)c1ccccc1Oc1ccc(C(C)N)cc1Br. The van der Waals surface area contributed by atoms with Gasteiger partial charge in [0.15, 0.2) is 0 Å². The van der Waals surface area contributed by atoms with Crippen LogP contribution in [0, 0.1) is 0 Å². The molecule has 0 aromatic heterocycles. The summed E-state index contributed by atoms with van der Waals surface area (Å²) < 4.78 is 6.97. The summed E-state index contributed by atoms with van der Waals surface area (Å²) in [6, 6.07) is 14.1. The van der Waals surface area contributed by atoms with Crippen LogP contribution in [0.5, 0.6) is 11.5 Å². The molecule has 0 aliphatic carbocycles. The summed E-state index contributed by atoms with van der Waals surface area (Å²) in [5.41, 5.74) is 8.18. The van der Waals surface area contributed by atoms with E-state index in [0.29, 0.717) is 5.92 Å². The van der Waals surface area contributed by atoms with E-state index in [9.17, 15) is 0 Å². The second-order valence-corrected chi connectivity index (χ2v) is 6.13. The van der Waals surface area contributed by atoms with Gasteiger partial charge >= 0.3 is 0 Å². The van der Waals surface area contributed by atoms with Crippen molar-refractivity contribution in [3.63, 3.8) is 0 Å². The molecule has 0 aliphatic rings. The van der Waals surface area contributed by atoms with E-state index in [1.807, 2.05) is 43.3 Å². The second-order valence-electron chi connectivity index (χ2n) is 5.27. The molecule has 2 rings (SSSR count). The summed E-state index contributed by atoms with van der Waals surface area (Å²) in [6.45, 7) is 6.29. The molecule has 0 heterocycles. The third kappa shape index (κ3) is 3.41. The highest BCUT2D eigenvalue weighted by Gasteiger charge is 2.11. The maximum Gasteiger partial charge on any atom is 0.141 e. The van der Waals surface area contributed by atoms with Crippen molar-refractivity contribution in [3.05, 3.63) is 58.1 Å². The van der Waals surface area contributed by atoms with Crippen LogP contribution in [0.4, 0.5) is 0 Å². The van der Waals surface area contributed by atoms with E-state index in [1.54, 1.807) is 0 Å². The van der Waals surface area contributed by atoms with Gasteiger partial charge in [-0.05, 0) is 58.1 Å². The van der Waals surface area contributed by atoms with Crippen molar-refractivity contribution in [1.82, 2.24) is 0 Å². The van der Waals surface area contributed by atoms with Gasteiger partial charge in [0, 0.05) is 6.04 Å². The van der Waals surface area contributed by atoms with Crippen LogP contribution in [0.2, 0.25) is 0 Å². The van der Waals surface area contributed by atoms with Crippen molar-refractivity contribution in [2.24, 2.45) is 5.73 Å². The molecular formula is C17H20BrNO. The molecule has 1 unspecified atom stereocenters. The van der Waals surface area contributed by atoms with E-state index in [2.05, 4.69) is 35.8 Å². The summed E-state index contributed by atoms with van der Waals surface area (Å²) in [6.07, 6.45) is 0. The zero-order chi connectivity index (χ0) is 14.7. The minimum atomic E-state index is 0.0169. The predicted molar refractivity (Wildman–Crippen MR) is 87.3 cm³/mol. The van der Waals surface area contributed by atoms with Gasteiger partial charge in [-0.1, -0.05) is 38.1 Å². The first-order valence-corrected chi connectivity index (χ1v) is 7.60. The highest BCUT2D eigenvalue weighted by Crippen LogP contribution is 2.35. The van der Waals surface area contributed by atoms with Crippen LogP contribution in [0.15, 0.2) is 46.9 Å². The van der Waals surface area contributed by atoms with Crippen LogP contribution in [0.1, 0.15) is 43.9 Å². The van der Waals surface area contributed by atoms with Gasteiger partial charge in [-0.25, -0.2) is 0 Å². The molecule has 3 heteroatoms. The van der Waals surface area contributed by atoms with Crippen molar-refractivity contribution in [2.45, 2.75) is 32.7 Å².